The van der Waals surface area contributed by atoms with Crippen LogP contribution in [0.1, 0.15) is 33.6 Å². The summed E-state index contributed by atoms with van der Waals surface area (Å²) >= 11 is 0. The summed E-state index contributed by atoms with van der Waals surface area (Å²) in [6, 6.07) is 0.274. The van der Waals surface area contributed by atoms with Gasteiger partial charge in [0.1, 0.15) is 0 Å². The predicted octanol–water partition coefficient (Wildman–Crippen LogP) is 1.17. The lowest BCUT2D eigenvalue weighted by Gasteiger charge is -2.23. The van der Waals surface area contributed by atoms with Crippen molar-refractivity contribution >= 4 is 5.91 Å². The molecule has 0 aromatic rings. The molecule has 0 saturated heterocycles. The molecule has 0 fully saturated rings. The molecule has 0 aliphatic heterocycles. The first kappa shape index (κ1) is 16.4. The summed E-state index contributed by atoms with van der Waals surface area (Å²) in [5.74, 6) is 0.264. The zero-order chi connectivity index (χ0) is 13.3. The van der Waals surface area contributed by atoms with Crippen LogP contribution in [-0.4, -0.2) is 62.0 Å². The van der Waals surface area contributed by atoms with Crippen molar-refractivity contribution in [3.63, 3.8) is 0 Å². The lowest BCUT2D eigenvalue weighted by molar-refractivity contribution is -0.131. The molecule has 0 heterocycles. The fourth-order valence-electron chi connectivity index (χ4n) is 1.85. The van der Waals surface area contributed by atoms with Gasteiger partial charge in [-0.2, -0.15) is 0 Å². The lowest BCUT2D eigenvalue weighted by Crippen LogP contribution is -2.38. The van der Waals surface area contributed by atoms with E-state index in [0.717, 1.165) is 32.6 Å². The van der Waals surface area contributed by atoms with Crippen LogP contribution >= 0.6 is 0 Å². The summed E-state index contributed by atoms with van der Waals surface area (Å²) < 4.78 is 0. The number of nitrogens with one attached hydrogen (secondary N) is 1. The third kappa shape index (κ3) is 8.16. The average molecular weight is 243 g/mol. The smallest absolute Gasteiger partial charge is 0.224 e. The second-order valence-electron chi connectivity index (χ2n) is 4.79. The minimum atomic E-state index is 0.264. The van der Waals surface area contributed by atoms with Crippen LogP contribution in [0.3, 0.4) is 0 Å². The van der Waals surface area contributed by atoms with Gasteiger partial charge in [-0.05, 0) is 47.5 Å². The molecule has 1 N–H and O–H groups in total. The van der Waals surface area contributed by atoms with Gasteiger partial charge in [-0.3, -0.25) is 4.79 Å². The van der Waals surface area contributed by atoms with E-state index in [4.69, 9.17) is 0 Å². The monoisotopic (exact) mass is 243 g/mol. The first-order chi connectivity index (χ1) is 8.01. The molecule has 102 valence electrons. The van der Waals surface area contributed by atoms with Crippen molar-refractivity contribution in [3.8, 4) is 0 Å². The van der Waals surface area contributed by atoms with E-state index in [-0.39, 0.29) is 11.9 Å². The SMILES string of the molecule is CCNC(C)CC(=O)N(CC)CCCN(C)C. The minimum absolute atomic E-state index is 0.264. The minimum Gasteiger partial charge on any atom is -0.343 e. The van der Waals surface area contributed by atoms with E-state index in [1.807, 2.05) is 11.8 Å². The van der Waals surface area contributed by atoms with Crippen LogP contribution in [0.25, 0.3) is 0 Å². The fourth-order valence-corrected chi connectivity index (χ4v) is 1.85. The highest BCUT2D eigenvalue weighted by Gasteiger charge is 2.14. The molecule has 17 heavy (non-hydrogen) atoms. The van der Waals surface area contributed by atoms with Crippen molar-refractivity contribution in [1.82, 2.24) is 15.1 Å². The lowest BCUT2D eigenvalue weighted by atomic mass is 10.2. The molecule has 0 radical (unpaired) electrons. The zero-order valence-corrected chi connectivity index (χ0v) is 12.1. The Hall–Kier alpha value is -0.610. The molecule has 0 bridgehead atoms. The van der Waals surface area contributed by atoms with Gasteiger partial charge >= 0.3 is 0 Å². The first-order valence-corrected chi connectivity index (χ1v) is 6.67. The molecular formula is C13H29N3O. The van der Waals surface area contributed by atoms with Crippen LogP contribution < -0.4 is 5.32 Å². The van der Waals surface area contributed by atoms with Crippen molar-refractivity contribution in [2.75, 3.05) is 40.3 Å². The highest BCUT2D eigenvalue weighted by atomic mass is 16.2. The third-order valence-corrected chi connectivity index (χ3v) is 2.80. The molecule has 1 amide bonds. The largest absolute Gasteiger partial charge is 0.343 e. The van der Waals surface area contributed by atoms with Gasteiger partial charge in [0, 0.05) is 25.6 Å². The molecule has 0 spiro atoms. The van der Waals surface area contributed by atoms with Crippen LogP contribution in [0, 0.1) is 0 Å². The number of amides is 1. The standard InChI is InChI=1S/C13H29N3O/c1-6-14-12(3)11-13(17)16(7-2)10-8-9-15(4)5/h12,14H,6-11H2,1-5H3. The Labute approximate surface area is 106 Å². The molecule has 1 unspecified atom stereocenters. The Morgan fingerprint density at radius 1 is 1.24 bits per heavy atom. The summed E-state index contributed by atoms with van der Waals surface area (Å²) in [5, 5.41) is 3.27. The summed E-state index contributed by atoms with van der Waals surface area (Å²) in [6.07, 6.45) is 1.64. The van der Waals surface area contributed by atoms with Gasteiger partial charge in [0.15, 0.2) is 0 Å². The fraction of sp³-hybridized carbons (Fsp3) is 0.923. The second kappa shape index (κ2) is 9.42. The van der Waals surface area contributed by atoms with E-state index >= 15 is 0 Å². The topological polar surface area (TPSA) is 35.6 Å². The Morgan fingerprint density at radius 2 is 1.88 bits per heavy atom. The van der Waals surface area contributed by atoms with Gasteiger partial charge in [-0.15, -0.1) is 0 Å². The molecule has 0 aliphatic rings. The van der Waals surface area contributed by atoms with Crippen LogP contribution in [-0.2, 0) is 4.79 Å². The van der Waals surface area contributed by atoms with Crippen LogP contribution in [0.2, 0.25) is 0 Å². The maximum atomic E-state index is 12.0. The molecule has 4 heteroatoms. The van der Waals surface area contributed by atoms with Gasteiger partial charge in [-0.1, -0.05) is 6.92 Å². The van der Waals surface area contributed by atoms with Gasteiger partial charge in [0.25, 0.3) is 0 Å². The number of carbonyl (C=O) groups is 1. The Kier molecular flexibility index (Phi) is 9.09. The van der Waals surface area contributed by atoms with Crippen LogP contribution in [0.4, 0.5) is 0 Å². The zero-order valence-electron chi connectivity index (χ0n) is 12.1. The number of carbonyl (C=O) groups excluding carboxylic acids is 1. The molecule has 0 rings (SSSR count). The highest BCUT2D eigenvalue weighted by molar-refractivity contribution is 5.76. The van der Waals surface area contributed by atoms with E-state index < -0.39 is 0 Å². The van der Waals surface area contributed by atoms with Crippen molar-refractivity contribution < 1.29 is 4.79 Å². The van der Waals surface area contributed by atoms with Crippen molar-refractivity contribution in [2.24, 2.45) is 0 Å². The average Bonchev–Trinajstić information content (AvgIpc) is 2.24. The molecule has 0 aromatic carbocycles. The molecule has 1 atom stereocenters. The molecular weight excluding hydrogens is 214 g/mol. The molecule has 0 aliphatic carbocycles. The van der Waals surface area contributed by atoms with E-state index in [2.05, 4.69) is 38.2 Å². The van der Waals surface area contributed by atoms with Gasteiger partial charge in [0.05, 0.1) is 0 Å². The number of nitrogens with zero attached hydrogens (tertiary/aromatic N) is 2. The van der Waals surface area contributed by atoms with Crippen molar-refractivity contribution in [3.05, 3.63) is 0 Å². The van der Waals surface area contributed by atoms with Crippen LogP contribution in [0.15, 0.2) is 0 Å². The van der Waals surface area contributed by atoms with Crippen molar-refractivity contribution in [2.45, 2.75) is 39.7 Å². The van der Waals surface area contributed by atoms with Crippen LogP contribution in [0.5, 0.6) is 0 Å². The summed E-state index contributed by atoms with van der Waals surface area (Å²) in [4.78, 5) is 16.1. The molecule has 0 aromatic heterocycles. The predicted molar refractivity (Wildman–Crippen MR) is 73.2 cm³/mol. The maximum Gasteiger partial charge on any atom is 0.224 e. The van der Waals surface area contributed by atoms with Gasteiger partial charge < -0.3 is 15.1 Å². The highest BCUT2D eigenvalue weighted by Crippen LogP contribution is 2.00. The number of hydrogen-bond donors (Lipinski definition) is 1. The van der Waals surface area contributed by atoms with E-state index in [1.54, 1.807) is 0 Å². The molecule has 4 nitrogen and oxygen atoms in total. The number of hydrogen-bond acceptors (Lipinski definition) is 3. The quantitative estimate of drug-likeness (QED) is 0.660. The molecule has 0 saturated carbocycles. The summed E-state index contributed by atoms with van der Waals surface area (Å²) in [6.45, 7) is 9.81. The van der Waals surface area contributed by atoms with E-state index in [0.29, 0.717) is 6.42 Å². The summed E-state index contributed by atoms with van der Waals surface area (Å²) in [7, 11) is 4.12. The Bertz CT molecular complexity index is 207. The van der Waals surface area contributed by atoms with E-state index in [1.165, 1.54) is 0 Å². The van der Waals surface area contributed by atoms with E-state index in [9.17, 15) is 4.79 Å². The van der Waals surface area contributed by atoms with Gasteiger partial charge in [0.2, 0.25) is 5.91 Å². The Balaban J connectivity index is 3.94. The van der Waals surface area contributed by atoms with Crippen molar-refractivity contribution in [1.29, 1.82) is 0 Å². The Morgan fingerprint density at radius 3 is 2.35 bits per heavy atom. The normalized spacial score (nSPS) is 12.8. The maximum absolute atomic E-state index is 12.0. The first-order valence-electron chi connectivity index (χ1n) is 6.67. The third-order valence-electron chi connectivity index (χ3n) is 2.80. The number of rotatable bonds is 9. The second-order valence-corrected chi connectivity index (χ2v) is 4.79. The van der Waals surface area contributed by atoms with Gasteiger partial charge in [-0.25, -0.2) is 0 Å². The summed E-state index contributed by atoms with van der Waals surface area (Å²) in [5.41, 5.74) is 0.